The van der Waals surface area contributed by atoms with Crippen LogP contribution < -0.4 is 5.32 Å². The van der Waals surface area contributed by atoms with Gasteiger partial charge in [-0.25, -0.2) is 0 Å². The van der Waals surface area contributed by atoms with Crippen molar-refractivity contribution in [3.8, 4) is 0 Å². The average Bonchev–Trinajstić information content (AvgIpc) is 2.13. The van der Waals surface area contributed by atoms with Gasteiger partial charge in [0.25, 0.3) is 0 Å². The number of nitrogens with zero attached hydrogens (tertiary/aromatic N) is 1. The summed E-state index contributed by atoms with van der Waals surface area (Å²) in [7, 11) is 3.51. The fourth-order valence-electron chi connectivity index (χ4n) is 1.48. The molecule has 0 fully saturated rings. The van der Waals surface area contributed by atoms with Crippen LogP contribution in [0.25, 0.3) is 0 Å². The predicted molar refractivity (Wildman–Crippen MR) is 66.2 cm³/mol. The molecule has 0 saturated carbocycles. The largest absolute Gasteiger partial charge is 0.392 e. The van der Waals surface area contributed by atoms with Crippen LogP contribution in [0.5, 0.6) is 0 Å². The number of amides is 1. The van der Waals surface area contributed by atoms with E-state index in [1.807, 2.05) is 6.92 Å². The fourth-order valence-corrected chi connectivity index (χ4v) is 1.48. The minimum absolute atomic E-state index is 0.108. The number of aliphatic hydroxyl groups excluding tert-OH is 1. The van der Waals surface area contributed by atoms with E-state index in [4.69, 9.17) is 0 Å². The van der Waals surface area contributed by atoms with Crippen molar-refractivity contribution in [3.63, 3.8) is 0 Å². The Bertz CT molecular complexity index is 205. The lowest BCUT2D eigenvalue weighted by Gasteiger charge is -2.19. The number of carbonyl (C=O) groups is 1. The van der Waals surface area contributed by atoms with Gasteiger partial charge in [0, 0.05) is 33.1 Å². The van der Waals surface area contributed by atoms with Gasteiger partial charge in [-0.2, -0.15) is 0 Å². The van der Waals surface area contributed by atoms with Crippen LogP contribution in [0.3, 0.4) is 0 Å². The summed E-state index contributed by atoms with van der Waals surface area (Å²) < 4.78 is 0. The number of rotatable bonds is 7. The Morgan fingerprint density at radius 3 is 2.31 bits per heavy atom. The quantitative estimate of drug-likeness (QED) is 0.682. The third-order valence-electron chi connectivity index (χ3n) is 2.43. The van der Waals surface area contributed by atoms with E-state index in [0.29, 0.717) is 18.9 Å². The molecule has 16 heavy (non-hydrogen) atoms. The summed E-state index contributed by atoms with van der Waals surface area (Å²) in [5.74, 6) is 0.605. The van der Waals surface area contributed by atoms with Crippen molar-refractivity contribution in [2.45, 2.75) is 45.8 Å². The molecule has 1 amide bonds. The van der Waals surface area contributed by atoms with Crippen molar-refractivity contribution in [2.24, 2.45) is 5.92 Å². The molecule has 0 heterocycles. The first-order valence-electron chi connectivity index (χ1n) is 5.94. The Morgan fingerprint density at radius 1 is 1.31 bits per heavy atom. The monoisotopic (exact) mass is 230 g/mol. The predicted octanol–water partition coefficient (Wildman–Crippen LogP) is 0.850. The van der Waals surface area contributed by atoms with Crippen LogP contribution in [0.2, 0.25) is 0 Å². The molecule has 0 rings (SSSR count). The third-order valence-corrected chi connectivity index (χ3v) is 2.43. The Morgan fingerprint density at radius 2 is 1.88 bits per heavy atom. The van der Waals surface area contributed by atoms with Crippen molar-refractivity contribution < 1.29 is 9.90 Å². The van der Waals surface area contributed by atoms with Gasteiger partial charge in [-0.15, -0.1) is 0 Å². The number of hydrogen-bond donors (Lipinski definition) is 2. The van der Waals surface area contributed by atoms with Crippen molar-refractivity contribution in [3.05, 3.63) is 0 Å². The maximum absolute atomic E-state index is 11.4. The van der Waals surface area contributed by atoms with Crippen LogP contribution in [0.4, 0.5) is 0 Å². The lowest BCUT2D eigenvalue weighted by atomic mass is 10.1. The van der Waals surface area contributed by atoms with E-state index < -0.39 is 0 Å². The summed E-state index contributed by atoms with van der Waals surface area (Å²) in [6, 6.07) is 0.108. The van der Waals surface area contributed by atoms with E-state index in [9.17, 15) is 9.90 Å². The molecule has 0 saturated heterocycles. The maximum Gasteiger partial charge on any atom is 0.223 e. The molecule has 0 bridgehead atoms. The molecule has 0 radical (unpaired) electrons. The first kappa shape index (κ1) is 15.4. The van der Waals surface area contributed by atoms with Gasteiger partial charge in [-0.3, -0.25) is 4.79 Å². The van der Waals surface area contributed by atoms with Gasteiger partial charge in [0.2, 0.25) is 5.91 Å². The number of nitrogens with one attached hydrogen (secondary N) is 1. The van der Waals surface area contributed by atoms with Gasteiger partial charge in [-0.05, 0) is 19.3 Å². The van der Waals surface area contributed by atoms with Crippen molar-refractivity contribution >= 4 is 5.91 Å². The van der Waals surface area contributed by atoms with Crippen molar-refractivity contribution in [1.29, 1.82) is 0 Å². The zero-order chi connectivity index (χ0) is 12.7. The lowest BCUT2D eigenvalue weighted by Crippen LogP contribution is -2.37. The smallest absolute Gasteiger partial charge is 0.223 e. The zero-order valence-corrected chi connectivity index (χ0v) is 11.2. The average molecular weight is 230 g/mol. The van der Waals surface area contributed by atoms with E-state index in [1.165, 1.54) is 0 Å². The molecular weight excluding hydrogens is 204 g/mol. The molecule has 96 valence electrons. The highest BCUT2D eigenvalue weighted by Crippen LogP contribution is 2.04. The molecule has 0 aliphatic heterocycles. The van der Waals surface area contributed by atoms with E-state index in [2.05, 4.69) is 19.2 Å². The van der Waals surface area contributed by atoms with Crippen LogP contribution >= 0.6 is 0 Å². The number of carbonyl (C=O) groups excluding carboxylic acids is 1. The highest BCUT2D eigenvalue weighted by Gasteiger charge is 2.12. The molecule has 0 spiro atoms. The molecular formula is C12H26N2O2. The molecule has 0 aromatic rings. The first-order valence-corrected chi connectivity index (χ1v) is 5.94. The van der Waals surface area contributed by atoms with Gasteiger partial charge in [0.05, 0.1) is 6.10 Å². The molecule has 2 N–H and O–H groups in total. The number of hydrogen-bond acceptors (Lipinski definition) is 3. The second kappa shape index (κ2) is 7.63. The summed E-state index contributed by atoms with van der Waals surface area (Å²) in [6.45, 7) is 6.69. The van der Waals surface area contributed by atoms with Crippen LogP contribution in [0, 0.1) is 5.92 Å². The molecule has 0 aromatic carbocycles. The molecule has 4 nitrogen and oxygen atoms in total. The molecule has 0 aliphatic rings. The van der Waals surface area contributed by atoms with Crippen LogP contribution in [-0.4, -0.2) is 48.7 Å². The lowest BCUT2D eigenvalue weighted by molar-refractivity contribution is -0.129. The van der Waals surface area contributed by atoms with Gasteiger partial charge in [-0.1, -0.05) is 13.8 Å². The zero-order valence-electron chi connectivity index (χ0n) is 11.2. The van der Waals surface area contributed by atoms with Crippen molar-refractivity contribution in [2.75, 3.05) is 20.6 Å². The summed E-state index contributed by atoms with van der Waals surface area (Å²) in [5, 5.41) is 12.8. The maximum atomic E-state index is 11.4. The van der Waals surface area contributed by atoms with E-state index in [1.54, 1.807) is 19.0 Å². The Balaban J connectivity index is 3.72. The normalized spacial score (nSPS) is 14.9. The second-order valence-electron chi connectivity index (χ2n) is 5.08. The van der Waals surface area contributed by atoms with Gasteiger partial charge < -0.3 is 15.3 Å². The second-order valence-corrected chi connectivity index (χ2v) is 5.08. The molecule has 0 aromatic heterocycles. The van der Waals surface area contributed by atoms with E-state index in [0.717, 1.165) is 6.42 Å². The minimum Gasteiger partial charge on any atom is -0.392 e. The summed E-state index contributed by atoms with van der Waals surface area (Å²) in [4.78, 5) is 13.0. The topological polar surface area (TPSA) is 52.6 Å². The third kappa shape index (κ3) is 7.65. The fraction of sp³-hybridized carbons (Fsp3) is 0.917. The molecule has 4 heteroatoms. The Kier molecular flexibility index (Phi) is 7.34. The standard InChI is InChI=1S/C12H26N2O2/c1-9(2)6-11(15)8-13-10(3)7-12(16)14(4)5/h9-11,13,15H,6-8H2,1-5H3. The number of aliphatic hydroxyl groups is 1. The van der Waals surface area contributed by atoms with Crippen LogP contribution in [-0.2, 0) is 4.79 Å². The Hall–Kier alpha value is -0.610. The van der Waals surface area contributed by atoms with Gasteiger partial charge in [0.15, 0.2) is 0 Å². The summed E-state index contributed by atoms with van der Waals surface area (Å²) in [5.41, 5.74) is 0. The summed E-state index contributed by atoms with van der Waals surface area (Å²) in [6.07, 6.45) is 0.944. The van der Waals surface area contributed by atoms with E-state index in [-0.39, 0.29) is 18.1 Å². The van der Waals surface area contributed by atoms with Crippen molar-refractivity contribution in [1.82, 2.24) is 10.2 Å². The Labute approximate surface area is 99.0 Å². The molecule has 0 aliphatic carbocycles. The van der Waals surface area contributed by atoms with Crippen LogP contribution in [0.15, 0.2) is 0 Å². The summed E-state index contributed by atoms with van der Waals surface area (Å²) >= 11 is 0. The molecule has 2 atom stereocenters. The van der Waals surface area contributed by atoms with Gasteiger partial charge >= 0.3 is 0 Å². The minimum atomic E-state index is -0.322. The first-order chi connectivity index (χ1) is 7.32. The molecule has 2 unspecified atom stereocenters. The SMILES string of the molecule is CC(C)CC(O)CNC(C)CC(=O)N(C)C. The highest BCUT2D eigenvalue weighted by molar-refractivity contribution is 5.76. The van der Waals surface area contributed by atoms with Gasteiger partial charge in [0.1, 0.15) is 0 Å². The van der Waals surface area contributed by atoms with E-state index >= 15 is 0 Å². The van der Waals surface area contributed by atoms with Crippen LogP contribution in [0.1, 0.15) is 33.6 Å². The highest BCUT2D eigenvalue weighted by atomic mass is 16.3.